The smallest absolute Gasteiger partial charge is 0.261 e. The number of carbonyl (C=O) groups is 1. The van der Waals surface area contributed by atoms with E-state index in [4.69, 9.17) is 9.84 Å². The Morgan fingerprint density at radius 2 is 2.06 bits per heavy atom. The topological polar surface area (TPSA) is 58.6 Å². The van der Waals surface area contributed by atoms with Crippen molar-refractivity contribution in [2.75, 3.05) is 6.61 Å². The molecule has 2 unspecified atom stereocenters. The summed E-state index contributed by atoms with van der Waals surface area (Å²) in [5.74, 6) is 0.476. The first kappa shape index (κ1) is 13.5. The second kappa shape index (κ2) is 6.91. The van der Waals surface area contributed by atoms with Crippen LogP contribution in [0.1, 0.15) is 20.3 Å². The van der Waals surface area contributed by atoms with E-state index in [1.54, 1.807) is 6.92 Å². The Labute approximate surface area is 102 Å². The minimum absolute atomic E-state index is 0.0759. The van der Waals surface area contributed by atoms with Gasteiger partial charge in [0.05, 0.1) is 6.61 Å². The van der Waals surface area contributed by atoms with Gasteiger partial charge in [-0.15, -0.1) is 0 Å². The third-order valence-corrected chi connectivity index (χ3v) is 2.35. The fourth-order valence-electron chi connectivity index (χ4n) is 1.37. The standard InChI is InChI=1S/C13H19NO3/c1-3-12(13(16)14-10(2)9-15)17-11-7-5-4-6-8-11/h4-8,10,12,15H,3,9H2,1-2H3,(H,14,16). The molecule has 0 heterocycles. The second-order valence-corrected chi connectivity index (χ2v) is 3.92. The normalized spacial score (nSPS) is 13.8. The molecule has 94 valence electrons. The predicted octanol–water partition coefficient (Wildman–Crippen LogP) is 1.34. The van der Waals surface area contributed by atoms with Crippen LogP contribution in [0.2, 0.25) is 0 Å². The molecule has 0 aromatic heterocycles. The lowest BCUT2D eigenvalue weighted by molar-refractivity contribution is -0.129. The third kappa shape index (κ3) is 4.44. The van der Waals surface area contributed by atoms with Gasteiger partial charge in [-0.1, -0.05) is 25.1 Å². The zero-order valence-corrected chi connectivity index (χ0v) is 10.2. The van der Waals surface area contributed by atoms with Gasteiger partial charge in [-0.25, -0.2) is 0 Å². The van der Waals surface area contributed by atoms with E-state index in [1.165, 1.54) is 0 Å². The van der Waals surface area contributed by atoms with Gasteiger partial charge in [0.25, 0.3) is 5.91 Å². The van der Waals surface area contributed by atoms with Crippen LogP contribution in [0.15, 0.2) is 30.3 Å². The minimum atomic E-state index is -0.522. The summed E-state index contributed by atoms with van der Waals surface area (Å²) in [6.45, 7) is 3.55. The Bertz CT molecular complexity index is 340. The number of para-hydroxylation sites is 1. The van der Waals surface area contributed by atoms with Crippen molar-refractivity contribution in [1.29, 1.82) is 0 Å². The molecular weight excluding hydrogens is 218 g/mol. The predicted molar refractivity (Wildman–Crippen MR) is 65.8 cm³/mol. The van der Waals surface area contributed by atoms with Crippen LogP contribution in [0, 0.1) is 0 Å². The summed E-state index contributed by atoms with van der Waals surface area (Å²) < 4.78 is 5.58. The van der Waals surface area contributed by atoms with Gasteiger partial charge in [0.15, 0.2) is 6.10 Å². The average molecular weight is 237 g/mol. The van der Waals surface area contributed by atoms with Crippen molar-refractivity contribution in [3.63, 3.8) is 0 Å². The molecule has 0 saturated heterocycles. The summed E-state index contributed by atoms with van der Waals surface area (Å²) in [5, 5.41) is 11.6. The van der Waals surface area contributed by atoms with Gasteiger partial charge in [0.1, 0.15) is 5.75 Å². The number of nitrogens with one attached hydrogen (secondary N) is 1. The maximum Gasteiger partial charge on any atom is 0.261 e. The highest BCUT2D eigenvalue weighted by molar-refractivity contribution is 5.81. The highest BCUT2D eigenvalue weighted by Crippen LogP contribution is 2.12. The molecule has 0 aliphatic carbocycles. The van der Waals surface area contributed by atoms with E-state index >= 15 is 0 Å². The molecule has 0 fully saturated rings. The maximum atomic E-state index is 11.8. The molecule has 1 aromatic carbocycles. The van der Waals surface area contributed by atoms with Crippen LogP contribution >= 0.6 is 0 Å². The van der Waals surface area contributed by atoms with Crippen LogP contribution in [0.25, 0.3) is 0 Å². The van der Waals surface area contributed by atoms with Crippen molar-refractivity contribution in [3.8, 4) is 5.75 Å². The zero-order chi connectivity index (χ0) is 12.7. The summed E-state index contributed by atoms with van der Waals surface area (Å²) in [6.07, 6.45) is 0.0604. The number of rotatable bonds is 6. The Morgan fingerprint density at radius 1 is 1.41 bits per heavy atom. The molecule has 1 amide bonds. The van der Waals surface area contributed by atoms with Crippen molar-refractivity contribution < 1.29 is 14.6 Å². The van der Waals surface area contributed by atoms with Crippen molar-refractivity contribution in [3.05, 3.63) is 30.3 Å². The third-order valence-electron chi connectivity index (χ3n) is 2.35. The van der Waals surface area contributed by atoms with Crippen LogP contribution in [-0.2, 0) is 4.79 Å². The van der Waals surface area contributed by atoms with E-state index in [2.05, 4.69) is 5.32 Å². The molecule has 4 heteroatoms. The van der Waals surface area contributed by atoms with Crippen molar-refractivity contribution >= 4 is 5.91 Å². The fraction of sp³-hybridized carbons (Fsp3) is 0.462. The zero-order valence-electron chi connectivity index (χ0n) is 10.2. The number of aliphatic hydroxyl groups is 1. The molecule has 4 nitrogen and oxygen atoms in total. The Morgan fingerprint density at radius 3 is 2.59 bits per heavy atom. The molecule has 17 heavy (non-hydrogen) atoms. The lowest BCUT2D eigenvalue weighted by Crippen LogP contribution is -2.43. The van der Waals surface area contributed by atoms with E-state index < -0.39 is 6.10 Å². The molecule has 2 N–H and O–H groups in total. The second-order valence-electron chi connectivity index (χ2n) is 3.92. The largest absolute Gasteiger partial charge is 0.481 e. The maximum absolute atomic E-state index is 11.8. The lowest BCUT2D eigenvalue weighted by Gasteiger charge is -2.19. The number of hydrogen-bond acceptors (Lipinski definition) is 3. The van der Waals surface area contributed by atoms with Crippen LogP contribution < -0.4 is 10.1 Å². The van der Waals surface area contributed by atoms with Gasteiger partial charge >= 0.3 is 0 Å². The molecule has 0 radical (unpaired) electrons. The number of amides is 1. The SMILES string of the molecule is CCC(Oc1ccccc1)C(=O)NC(C)CO. The number of aliphatic hydroxyl groups excluding tert-OH is 1. The van der Waals surface area contributed by atoms with E-state index in [-0.39, 0.29) is 18.6 Å². The molecular formula is C13H19NO3. The van der Waals surface area contributed by atoms with E-state index in [0.717, 1.165) is 0 Å². The summed E-state index contributed by atoms with van der Waals surface area (Å²) in [5.41, 5.74) is 0. The summed E-state index contributed by atoms with van der Waals surface area (Å²) in [4.78, 5) is 11.8. The molecule has 0 bridgehead atoms. The van der Waals surface area contributed by atoms with Gasteiger partial charge < -0.3 is 15.2 Å². The van der Waals surface area contributed by atoms with E-state index in [1.807, 2.05) is 37.3 Å². The summed E-state index contributed by atoms with van der Waals surface area (Å²) in [7, 11) is 0. The summed E-state index contributed by atoms with van der Waals surface area (Å²) in [6, 6.07) is 8.97. The fourth-order valence-corrected chi connectivity index (χ4v) is 1.37. The van der Waals surface area contributed by atoms with Crippen LogP contribution in [0.3, 0.4) is 0 Å². The van der Waals surface area contributed by atoms with Gasteiger partial charge in [0.2, 0.25) is 0 Å². The van der Waals surface area contributed by atoms with E-state index in [9.17, 15) is 4.79 Å². The molecule has 0 saturated carbocycles. The monoisotopic (exact) mass is 237 g/mol. The van der Waals surface area contributed by atoms with Crippen molar-refractivity contribution in [1.82, 2.24) is 5.32 Å². The Hall–Kier alpha value is -1.55. The Balaban J connectivity index is 2.56. The van der Waals surface area contributed by atoms with Crippen molar-refractivity contribution in [2.24, 2.45) is 0 Å². The van der Waals surface area contributed by atoms with Gasteiger partial charge in [-0.05, 0) is 25.5 Å². The number of ether oxygens (including phenoxy) is 1. The van der Waals surface area contributed by atoms with Crippen LogP contribution in [0.4, 0.5) is 0 Å². The molecule has 2 atom stereocenters. The van der Waals surface area contributed by atoms with Gasteiger partial charge in [0, 0.05) is 6.04 Å². The Kier molecular flexibility index (Phi) is 5.49. The number of benzene rings is 1. The first-order valence-electron chi connectivity index (χ1n) is 5.80. The highest BCUT2D eigenvalue weighted by Gasteiger charge is 2.19. The highest BCUT2D eigenvalue weighted by atomic mass is 16.5. The molecule has 0 aliphatic rings. The van der Waals surface area contributed by atoms with Gasteiger partial charge in [-0.2, -0.15) is 0 Å². The number of hydrogen-bond donors (Lipinski definition) is 2. The molecule has 1 rings (SSSR count). The molecule has 0 aliphatic heterocycles. The lowest BCUT2D eigenvalue weighted by atomic mass is 10.2. The minimum Gasteiger partial charge on any atom is -0.481 e. The molecule has 1 aromatic rings. The average Bonchev–Trinajstić information content (AvgIpc) is 2.36. The van der Waals surface area contributed by atoms with E-state index in [0.29, 0.717) is 12.2 Å². The first-order chi connectivity index (χ1) is 8.17. The van der Waals surface area contributed by atoms with Gasteiger partial charge in [-0.3, -0.25) is 4.79 Å². The quantitative estimate of drug-likeness (QED) is 0.785. The van der Waals surface area contributed by atoms with Crippen molar-refractivity contribution in [2.45, 2.75) is 32.4 Å². The first-order valence-corrected chi connectivity index (χ1v) is 5.80. The summed E-state index contributed by atoms with van der Waals surface area (Å²) >= 11 is 0. The van der Waals surface area contributed by atoms with Crippen LogP contribution in [-0.4, -0.2) is 29.8 Å². The number of carbonyl (C=O) groups excluding carboxylic acids is 1. The molecule has 0 spiro atoms. The van der Waals surface area contributed by atoms with Crippen LogP contribution in [0.5, 0.6) is 5.75 Å².